The van der Waals surface area contributed by atoms with Crippen LogP contribution in [-0.4, -0.2) is 106 Å². The molecule has 0 aliphatic carbocycles. The molecule has 0 fully saturated rings. The predicted molar refractivity (Wildman–Crippen MR) is 77.3 cm³/mol. The normalized spacial score (nSPS) is 7.04. The number of carbonyl (C=O) groups is 1. The van der Waals surface area contributed by atoms with Crippen LogP contribution in [0.25, 0.3) is 0 Å². The molecule has 0 saturated heterocycles. The Bertz CT molecular complexity index is 215. The van der Waals surface area contributed by atoms with E-state index in [1.54, 1.807) is 0 Å². The molecule has 0 rings (SSSR count). The molecule has 0 aliphatic heterocycles. The highest BCUT2D eigenvalue weighted by Crippen LogP contribution is 1.80. The van der Waals surface area contributed by atoms with Crippen molar-refractivity contribution in [2.45, 2.75) is 6.92 Å². The smallest absolute Gasteiger partial charge is 0.482 e. The van der Waals surface area contributed by atoms with E-state index in [1.165, 1.54) is 0 Å². The van der Waals surface area contributed by atoms with Crippen molar-refractivity contribution in [1.82, 2.24) is 0 Å². The molecule has 0 amide bonds. The summed E-state index contributed by atoms with van der Waals surface area (Å²) in [5.41, 5.74) is 0. The lowest BCUT2D eigenvalue weighted by Crippen LogP contribution is -2.14. The standard InChI is InChI=1S/C2H4BFO3.5BFH2O2/c1-2(5)7-3(4)6;5*2-1(3)4/h6H,1H3;5*3-4H. The van der Waals surface area contributed by atoms with Gasteiger partial charge < -0.3 is 59.9 Å². The van der Waals surface area contributed by atoms with E-state index >= 15 is 0 Å². The number of rotatable bonds is 1. The van der Waals surface area contributed by atoms with Gasteiger partial charge in [0, 0.05) is 6.92 Å². The maximum absolute atomic E-state index is 11.1. The summed E-state index contributed by atoms with van der Waals surface area (Å²) in [7, 11) is -15.8. The Morgan fingerprint density at radius 2 is 0.667 bits per heavy atom. The second kappa shape index (κ2) is 32.7. The van der Waals surface area contributed by atoms with Crippen LogP contribution in [0.1, 0.15) is 6.92 Å². The van der Waals surface area contributed by atoms with Crippen LogP contribution >= 0.6 is 0 Å². The zero-order valence-corrected chi connectivity index (χ0v) is 13.0. The lowest BCUT2D eigenvalue weighted by Gasteiger charge is -1.91. The summed E-state index contributed by atoms with van der Waals surface area (Å²) in [6, 6.07) is 0. The van der Waals surface area contributed by atoms with Gasteiger partial charge in [-0.05, 0) is 0 Å². The molecular formula is C2H14B6F6O13. The first kappa shape index (κ1) is 40.6. The monoisotopic (exact) mass is 426 g/mol. The van der Waals surface area contributed by atoms with Crippen LogP contribution in [0, 0.1) is 0 Å². The van der Waals surface area contributed by atoms with Crippen molar-refractivity contribution in [2.24, 2.45) is 0 Å². The average Bonchev–Trinajstić information content (AvgIpc) is 2.21. The van der Waals surface area contributed by atoms with Gasteiger partial charge in [-0.15, -0.1) is 0 Å². The zero-order valence-electron chi connectivity index (χ0n) is 13.0. The second-order valence-corrected chi connectivity index (χ2v) is 2.45. The third kappa shape index (κ3) is 1470. The Kier molecular flexibility index (Phi) is 49.1. The summed E-state index contributed by atoms with van der Waals surface area (Å²) in [6.45, 7) is 1.00. The molecule has 0 spiro atoms. The summed E-state index contributed by atoms with van der Waals surface area (Å²) < 4.78 is 65.1. The van der Waals surface area contributed by atoms with E-state index in [-0.39, 0.29) is 0 Å². The first-order valence-corrected chi connectivity index (χ1v) is 5.29. The van der Waals surface area contributed by atoms with Crippen LogP contribution < -0.4 is 0 Å². The lowest BCUT2D eigenvalue weighted by atomic mass is 10.3. The second-order valence-electron chi connectivity index (χ2n) is 2.45. The highest BCUT2D eigenvalue weighted by atomic mass is 19.1. The SMILES string of the molecule is CC(=O)OB(O)F.OB(O)F.OB(O)F.OB(O)F.OB(O)F.OB(O)F. The van der Waals surface area contributed by atoms with Gasteiger partial charge in [0.15, 0.2) is 0 Å². The predicted octanol–water partition coefficient (Wildman–Crippen LogP) is -5.88. The molecule has 11 N–H and O–H groups in total. The van der Waals surface area contributed by atoms with Gasteiger partial charge in [-0.3, -0.25) is 26.4 Å². The van der Waals surface area contributed by atoms with Gasteiger partial charge in [0.1, 0.15) is 0 Å². The van der Waals surface area contributed by atoms with Crippen LogP contribution in [0.15, 0.2) is 0 Å². The Morgan fingerprint density at radius 3 is 0.667 bits per heavy atom. The van der Waals surface area contributed by atoms with Crippen molar-refractivity contribution in [3.05, 3.63) is 0 Å². The van der Waals surface area contributed by atoms with Crippen LogP contribution in [0.3, 0.4) is 0 Å². The summed E-state index contributed by atoms with van der Waals surface area (Å²) in [6.07, 6.45) is 0. The number of carbonyl (C=O) groups excluding carboxylic acids is 1. The van der Waals surface area contributed by atoms with Crippen molar-refractivity contribution in [3.63, 3.8) is 0 Å². The lowest BCUT2D eigenvalue weighted by molar-refractivity contribution is -0.133. The van der Waals surface area contributed by atoms with Crippen molar-refractivity contribution in [2.75, 3.05) is 0 Å². The molecule has 0 saturated carbocycles. The fourth-order valence-electron chi connectivity index (χ4n) is 0.137. The van der Waals surface area contributed by atoms with E-state index in [1.807, 2.05) is 0 Å². The number of hydrogen-bond donors (Lipinski definition) is 11. The fraction of sp³-hybridized carbons (Fsp3) is 0.500. The first-order chi connectivity index (χ1) is 11.8. The highest BCUT2D eigenvalue weighted by Gasteiger charge is 2.14. The maximum atomic E-state index is 11.1. The van der Waals surface area contributed by atoms with E-state index in [2.05, 4.69) is 4.65 Å². The minimum atomic E-state index is -2.67. The highest BCUT2D eigenvalue weighted by molar-refractivity contribution is 6.36. The molecule has 0 aromatic heterocycles. The van der Waals surface area contributed by atoms with Gasteiger partial charge in [-0.2, -0.15) is 0 Å². The first-order valence-electron chi connectivity index (χ1n) is 5.29. The molecule has 0 unspecified atom stereocenters. The van der Waals surface area contributed by atoms with Gasteiger partial charge in [-0.1, -0.05) is 0 Å². The largest absolute Gasteiger partial charge is 0.753 e. The summed E-state index contributed by atoms with van der Waals surface area (Å²) in [5, 5.41) is 77.1. The van der Waals surface area contributed by atoms with Crippen LogP contribution in [0.5, 0.6) is 0 Å². The van der Waals surface area contributed by atoms with E-state index in [0.717, 1.165) is 6.92 Å². The molecule has 27 heavy (non-hydrogen) atoms. The van der Waals surface area contributed by atoms with Crippen molar-refractivity contribution in [3.8, 4) is 0 Å². The van der Waals surface area contributed by atoms with E-state index < -0.39 is 50.3 Å². The Morgan fingerprint density at radius 1 is 0.556 bits per heavy atom. The topological polar surface area (TPSA) is 249 Å². The molecule has 0 bridgehead atoms. The third-order valence-electron chi connectivity index (χ3n) is 0.263. The van der Waals surface area contributed by atoms with Gasteiger partial charge in [0.05, 0.1) is 0 Å². The molecule has 0 radical (unpaired) electrons. The van der Waals surface area contributed by atoms with Gasteiger partial charge >= 0.3 is 44.4 Å². The Hall–Kier alpha value is -1.00. The number of hydrogen-bond acceptors (Lipinski definition) is 13. The van der Waals surface area contributed by atoms with Gasteiger partial charge in [0.25, 0.3) is 5.97 Å². The third-order valence-corrected chi connectivity index (χ3v) is 0.263. The van der Waals surface area contributed by atoms with Crippen molar-refractivity contribution < 1.29 is 90.6 Å². The molecule has 0 aliphatic rings. The quantitative estimate of drug-likeness (QED) is 0.139. The summed E-state index contributed by atoms with van der Waals surface area (Å²) >= 11 is 0. The molecule has 25 heteroatoms. The Balaban J connectivity index is -0.0000000500. The molecule has 0 heterocycles. The molecule has 0 aromatic carbocycles. The van der Waals surface area contributed by atoms with E-state index in [9.17, 15) is 30.7 Å². The molecule has 0 atom stereocenters. The molecular weight excluding hydrogens is 411 g/mol. The van der Waals surface area contributed by atoms with E-state index in [0.29, 0.717) is 0 Å². The van der Waals surface area contributed by atoms with Gasteiger partial charge in [-0.25, -0.2) is 4.32 Å². The van der Waals surface area contributed by atoms with Crippen molar-refractivity contribution in [1.29, 1.82) is 0 Å². The Labute approximate surface area is 149 Å². The summed E-state index contributed by atoms with van der Waals surface area (Å²) in [4.78, 5) is 9.63. The van der Waals surface area contributed by atoms with Gasteiger partial charge in [0.2, 0.25) is 0 Å². The average molecular weight is 425 g/mol. The van der Waals surface area contributed by atoms with E-state index in [4.69, 9.17) is 55.3 Å². The van der Waals surface area contributed by atoms with Crippen LogP contribution in [0.2, 0.25) is 0 Å². The minimum Gasteiger partial charge on any atom is -0.482 e. The zero-order chi connectivity index (χ0) is 23.7. The molecule has 160 valence electrons. The van der Waals surface area contributed by atoms with Crippen LogP contribution in [-0.2, 0) is 9.45 Å². The molecule has 0 aromatic rings. The number of halogens is 6. The van der Waals surface area contributed by atoms with Crippen LogP contribution in [0.4, 0.5) is 25.9 Å². The molecule has 13 nitrogen and oxygen atoms in total. The summed E-state index contributed by atoms with van der Waals surface area (Å²) in [5.74, 6) is -0.838. The maximum Gasteiger partial charge on any atom is 0.753 e. The van der Waals surface area contributed by atoms with Crippen molar-refractivity contribution >= 4 is 50.3 Å². The minimum absolute atomic E-state index is 0.838. The fourth-order valence-corrected chi connectivity index (χ4v) is 0.137.